The first-order valence-corrected chi connectivity index (χ1v) is 6.35. The number of hydrogen-bond acceptors (Lipinski definition) is 4. The van der Waals surface area contributed by atoms with Gasteiger partial charge in [0.1, 0.15) is 17.6 Å². The largest absolute Gasteiger partial charge is 0.465 e. The van der Waals surface area contributed by atoms with Crippen LogP contribution >= 0.6 is 0 Å². The fraction of sp³-hybridized carbons (Fsp3) is 0.125. The minimum Gasteiger partial charge on any atom is -0.465 e. The van der Waals surface area contributed by atoms with E-state index in [0.29, 0.717) is 12.1 Å². The molecule has 0 fully saturated rings. The van der Waals surface area contributed by atoms with Crippen LogP contribution in [0.5, 0.6) is 0 Å². The van der Waals surface area contributed by atoms with Crippen LogP contribution in [0.15, 0.2) is 47.0 Å². The topological polar surface area (TPSA) is 61.9 Å². The van der Waals surface area contributed by atoms with Gasteiger partial charge in [0.25, 0.3) is 0 Å². The number of furan rings is 1. The molecule has 0 aliphatic rings. The summed E-state index contributed by atoms with van der Waals surface area (Å²) in [5.41, 5.74) is 2.20. The summed E-state index contributed by atoms with van der Waals surface area (Å²) in [6.07, 6.45) is 1.60. The number of aromatic nitrogens is 1. The zero-order valence-corrected chi connectivity index (χ0v) is 11.1. The highest BCUT2D eigenvalue weighted by Crippen LogP contribution is 2.26. The van der Waals surface area contributed by atoms with Gasteiger partial charge in [-0.1, -0.05) is 18.2 Å². The van der Waals surface area contributed by atoms with Crippen LogP contribution in [0.2, 0.25) is 0 Å². The average Bonchev–Trinajstić information content (AvgIpc) is 2.90. The van der Waals surface area contributed by atoms with Gasteiger partial charge in [0.15, 0.2) is 0 Å². The monoisotopic (exact) mass is 263 g/mol. The van der Waals surface area contributed by atoms with E-state index in [1.807, 2.05) is 43.3 Å². The molecule has 0 unspecified atom stereocenters. The Morgan fingerprint density at radius 1 is 1.25 bits per heavy atom. The van der Waals surface area contributed by atoms with Gasteiger partial charge in [0.2, 0.25) is 0 Å². The van der Waals surface area contributed by atoms with Gasteiger partial charge in [-0.15, -0.1) is 0 Å². The number of benzene rings is 1. The first kappa shape index (κ1) is 12.2. The molecule has 4 heteroatoms. The Morgan fingerprint density at radius 3 is 2.85 bits per heavy atom. The fourth-order valence-electron chi connectivity index (χ4n) is 2.17. The molecular weight excluding hydrogens is 250 g/mol. The number of pyridine rings is 1. The Kier molecular flexibility index (Phi) is 3.10. The number of nitrogens with zero attached hydrogens (tertiary/aromatic N) is 2. The van der Waals surface area contributed by atoms with Crippen LogP contribution in [0.3, 0.4) is 0 Å². The maximum atomic E-state index is 9.23. The van der Waals surface area contributed by atoms with E-state index in [1.54, 1.807) is 6.20 Å². The second-order valence-corrected chi connectivity index (χ2v) is 4.54. The number of para-hydroxylation sites is 1. The minimum absolute atomic E-state index is 0.534. The van der Waals surface area contributed by atoms with Gasteiger partial charge in [0.05, 0.1) is 23.3 Å². The Morgan fingerprint density at radius 2 is 2.10 bits per heavy atom. The zero-order chi connectivity index (χ0) is 13.9. The summed E-state index contributed by atoms with van der Waals surface area (Å²) in [6, 6.07) is 13.8. The molecule has 20 heavy (non-hydrogen) atoms. The Hall–Kier alpha value is -2.80. The summed E-state index contributed by atoms with van der Waals surface area (Å²) in [4.78, 5) is 4.29. The Labute approximate surface area is 116 Å². The standard InChI is InChI=1S/C16H13N3O/c1-11-6-7-13(20-11)10-19-16-12(8-17)9-18-15-5-3-2-4-14(15)16/h2-7,9H,10H2,1H3,(H,18,19). The Bertz CT molecular complexity index is 799. The van der Waals surface area contributed by atoms with E-state index in [2.05, 4.69) is 16.4 Å². The fourth-order valence-corrected chi connectivity index (χ4v) is 2.17. The van der Waals surface area contributed by atoms with Gasteiger partial charge < -0.3 is 9.73 Å². The second-order valence-electron chi connectivity index (χ2n) is 4.54. The molecule has 2 heterocycles. The lowest BCUT2D eigenvalue weighted by Crippen LogP contribution is -2.02. The molecule has 0 saturated carbocycles. The molecule has 0 aliphatic carbocycles. The average molecular weight is 263 g/mol. The molecule has 1 N–H and O–H groups in total. The van der Waals surface area contributed by atoms with E-state index in [-0.39, 0.29) is 0 Å². The first-order valence-electron chi connectivity index (χ1n) is 6.35. The number of nitrogens with one attached hydrogen (secondary N) is 1. The van der Waals surface area contributed by atoms with Crippen LogP contribution in [-0.2, 0) is 6.54 Å². The smallest absolute Gasteiger partial charge is 0.123 e. The van der Waals surface area contributed by atoms with E-state index in [1.165, 1.54) is 0 Å². The van der Waals surface area contributed by atoms with Crippen LogP contribution in [0.4, 0.5) is 5.69 Å². The molecule has 3 rings (SSSR count). The van der Waals surface area contributed by atoms with Crippen molar-refractivity contribution < 1.29 is 4.42 Å². The van der Waals surface area contributed by atoms with Crippen molar-refractivity contribution in [2.75, 3.05) is 5.32 Å². The van der Waals surface area contributed by atoms with Crippen LogP contribution in [0.1, 0.15) is 17.1 Å². The lowest BCUT2D eigenvalue weighted by atomic mass is 10.1. The third kappa shape index (κ3) is 2.21. The highest BCUT2D eigenvalue weighted by Gasteiger charge is 2.09. The molecule has 0 spiro atoms. The predicted molar refractivity (Wildman–Crippen MR) is 77.2 cm³/mol. The van der Waals surface area contributed by atoms with Crippen molar-refractivity contribution in [2.45, 2.75) is 13.5 Å². The lowest BCUT2D eigenvalue weighted by Gasteiger charge is -2.10. The van der Waals surface area contributed by atoms with Crippen LogP contribution in [0, 0.1) is 18.3 Å². The van der Waals surface area contributed by atoms with Gasteiger partial charge in [0, 0.05) is 11.6 Å². The normalized spacial score (nSPS) is 10.4. The molecule has 0 aliphatic heterocycles. The highest BCUT2D eigenvalue weighted by atomic mass is 16.3. The number of hydrogen-bond donors (Lipinski definition) is 1. The second kappa shape index (κ2) is 5.06. The van der Waals surface area contributed by atoms with Crippen molar-refractivity contribution in [3.63, 3.8) is 0 Å². The molecule has 4 nitrogen and oxygen atoms in total. The SMILES string of the molecule is Cc1ccc(CNc2c(C#N)cnc3ccccc23)o1. The van der Waals surface area contributed by atoms with E-state index in [4.69, 9.17) is 4.42 Å². The summed E-state index contributed by atoms with van der Waals surface area (Å²) >= 11 is 0. The minimum atomic E-state index is 0.534. The Balaban J connectivity index is 1.98. The van der Waals surface area contributed by atoms with Crippen molar-refractivity contribution in [1.82, 2.24) is 4.98 Å². The van der Waals surface area contributed by atoms with Gasteiger partial charge in [-0.25, -0.2) is 0 Å². The summed E-state index contributed by atoms with van der Waals surface area (Å²) < 4.78 is 5.53. The lowest BCUT2D eigenvalue weighted by molar-refractivity contribution is 0.490. The van der Waals surface area contributed by atoms with Gasteiger partial charge in [-0.3, -0.25) is 4.98 Å². The van der Waals surface area contributed by atoms with Gasteiger partial charge in [-0.2, -0.15) is 5.26 Å². The van der Waals surface area contributed by atoms with Crippen LogP contribution in [-0.4, -0.2) is 4.98 Å². The third-order valence-corrected chi connectivity index (χ3v) is 3.13. The maximum Gasteiger partial charge on any atom is 0.123 e. The zero-order valence-electron chi connectivity index (χ0n) is 11.1. The summed E-state index contributed by atoms with van der Waals surface area (Å²) in [7, 11) is 0. The van der Waals surface area contributed by atoms with Crippen molar-refractivity contribution in [3.8, 4) is 6.07 Å². The molecule has 1 aromatic carbocycles. The summed E-state index contributed by atoms with van der Waals surface area (Å²) in [5, 5.41) is 13.4. The van der Waals surface area contributed by atoms with Crippen molar-refractivity contribution in [3.05, 3.63) is 59.7 Å². The maximum absolute atomic E-state index is 9.23. The molecule has 0 bridgehead atoms. The summed E-state index contributed by atoms with van der Waals surface area (Å²) in [5.74, 6) is 1.72. The number of fused-ring (bicyclic) bond motifs is 1. The first-order chi connectivity index (χ1) is 9.78. The molecule has 3 aromatic rings. The number of rotatable bonds is 3. The number of anilines is 1. The van der Waals surface area contributed by atoms with Crippen molar-refractivity contribution in [1.29, 1.82) is 5.26 Å². The number of aryl methyl sites for hydroxylation is 1. The molecule has 0 radical (unpaired) electrons. The molecule has 0 saturated heterocycles. The third-order valence-electron chi connectivity index (χ3n) is 3.13. The molecule has 2 aromatic heterocycles. The quantitative estimate of drug-likeness (QED) is 0.784. The van der Waals surface area contributed by atoms with Crippen LogP contribution < -0.4 is 5.32 Å². The van der Waals surface area contributed by atoms with Crippen molar-refractivity contribution in [2.24, 2.45) is 0 Å². The van der Waals surface area contributed by atoms with E-state index in [9.17, 15) is 5.26 Å². The predicted octanol–water partition coefficient (Wildman–Crippen LogP) is 3.62. The molecule has 0 atom stereocenters. The van der Waals surface area contributed by atoms with Crippen LogP contribution in [0.25, 0.3) is 10.9 Å². The van der Waals surface area contributed by atoms with E-state index < -0.39 is 0 Å². The van der Waals surface area contributed by atoms with Gasteiger partial charge >= 0.3 is 0 Å². The molecular formula is C16H13N3O. The molecule has 98 valence electrons. The van der Waals surface area contributed by atoms with E-state index in [0.717, 1.165) is 28.1 Å². The highest BCUT2D eigenvalue weighted by molar-refractivity contribution is 5.93. The van der Waals surface area contributed by atoms with E-state index >= 15 is 0 Å². The van der Waals surface area contributed by atoms with Gasteiger partial charge in [-0.05, 0) is 25.1 Å². The van der Waals surface area contributed by atoms with Crippen molar-refractivity contribution >= 4 is 16.6 Å². The number of nitriles is 1. The molecule has 0 amide bonds. The summed E-state index contributed by atoms with van der Waals surface area (Å²) in [6.45, 7) is 2.45.